The van der Waals surface area contributed by atoms with Crippen LogP contribution < -0.4 is 0 Å². The van der Waals surface area contributed by atoms with Crippen molar-refractivity contribution in [2.24, 2.45) is 11.8 Å². The fraction of sp³-hybridized carbons (Fsp3) is 0.562. The smallest absolute Gasteiger partial charge is 0.166 e. The molecule has 2 unspecified atom stereocenters. The first-order chi connectivity index (χ1) is 8.59. The van der Waals surface area contributed by atoms with Gasteiger partial charge in [-0.2, -0.15) is 0 Å². The number of rotatable bonds is 3. The zero-order valence-electron chi connectivity index (χ0n) is 11.5. The largest absolute Gasteiger partial charge is 0.378 e. The Balaban J connectivity index is 2.12. The van der Waals surface area contributed by atoms with E-state index in [0.29, 0.717) is 18.3 Å². The van der Waals surface area contributed by atoms with Crippen molar-refractivity contribution in [3.8, 4) is 0 Å². The van der Waals surface area contributed by atoms with Crippen LogP contribution in [0.15, 0.2) is 24.3 Å². The number of aryl methyl sites for hydroxylation is 1. The molecule has 1 fully saturated rings. The summed E-state index contributed by atoms with van der Waals surface area (Å²) in [7, 11) is 0. The lowest BCUT2D eigenvalue weighted by Crippen LogP contribution is -2.33. The second-order valence-corrected chi connectivity index (χ2v) is 5.55. The molecule has 1 aliphatic heterocycles. The normalized spacial score (nSPS) is 24.2. The number of benzene rings is 1. The molecule has 1 aliphatic rings. The standard InChI is InChI=1S/C16H22O2/c1-11(2)15-10-13(8-9-18-15)16(17)14-7-5-4-6-12(14)3/h4-7,11,13,15H,8-10H2,1-3H3. The van der Waals surface area contributed by atoms with Crippen molar-refractivity contribution in [3.05, 3.63) is 35.4 Å². The van der Waals surface area contributed by atoms with Crippen molar-refractivity contribution in [2.75, 3.05) is 6.61 Å². The molecule has 0 bridgehead atoms. The topological polar surface area (TPSA) is 26.3 Å². The summed E-state index contributed by atoms with van der Waals surface area (Å²) >= 11 is 0. The average Bonchev–Trinajstić information content (AvgIpc) is 2.38. The van der Waals surface area contributed by atoms with E-state index in [1.165, 1.54) is 0 Å². The molecular formula is C16H22O2. The van der Waals surface area contributed by atoms with Gasteiger partial charge in [-0.1, -0.05) is 38.1 Å². The number of carbonyl (C=O) groups excluding carboxylic acids is 1. The maximum Gasteiger partial charge on any atom is 0.166 e. The van der Waals surface area contributed by atoms with Gasteiger partial charge in [0.2, 0.25) is 0 Å². The lowest BCUT2D eigenvalue weighted by atomic mass is 9.84. The van der Waals surface area contributed by atoms with E-state index in [1.807, 2.05) is 31.2 Å². The minimum Gasteiger partial charge on any atom is -0.378 e. The van der Waals surface area contributed by atoms with E-state index in [0.717, 1.165) is 24.0 Å². The van der Waals surface area contributed by atoms with Gasteiger partial charge < -0.3 is 4.74 Å². The van der Waals surface area contributed by atoms with Crippen LogP contribution in [-0.2, 0) is 4.74 Å². The number of carbonyl (C=O) groups is 1. The van der Waals surface area contributed by atoms with Crippen molar-refractivity contribution in [1.29, 1.82) is 0 Å². The molecule has 0 radical (unpaired) electrons. The summed E-state index contributed by atoms with van der Waals surface area (Å²) in [6.07, 6.45) is 1.96. The third kappa shape index (κ3) is 2.81. The van der Waals surface area contributed by atoms with Crippen molar-refractivity contribution in [3.63, 3.8) is 0 Å². The highest BCUT2D eigenvalue weighted by Crippen LogP contribution is 2.28. The van der Waals surface area contributed by atoms with Crippen LogP contribution in [0, 0.1) is 18.8 Å². The lowest BCUT2D eigenvalue weighted by Gasteiger charge is -2.31. The third-order valence-corrected chi connectivity index (χ3v) is 3.84. The lowest BCUT2D eigenvalue weighted by molar-refractivity contribution is -0.0291. The van der Waals surface area contributed by atoms with Gasteiger partial charge in [0, 0.05) is 18.1 Å². The third-order valence-electron chi connectivity index (χ3n) is 3.84. The van der Waals surface area contributed by atoms with E-state index >= 15 is 0 Å². The van der Waals surface area contributed by atoms with Gasteiger partial charge in [0.15, 0.2) is 5.78 Å². The fourth-order valence-corrected chi connectivity index (χ4v) is 2.60. The van der Waals surface area contributed by atoms with Crippen LogP contribution in [0.3, 0.4) is 0 Å². The minimum atomic E-state index is 0.132. The zero-order chi connectivity index (χ0) is 13.1. The SMILES string of the molecule is Cc1ccccc1C(=O)C1CCOC(C(C)C)C1. The first kappa shape index (κ1) is 13.3. The molecule has 1 saturated heterocycles. The highest BCUT2D eigenvalue weighted by molar-refractivity contribution is 5.99. The van der Waals surface area contributed by atoms with Gasteiger partial charge in [0.1, 0.15) is 0 Å². The molecule has 2 atom stereocenters. The highest BCUT2D eigenvalue weighted by Gasteiger charge is 2.30. The number of Topliss-reactive ketones (excluding diaryl/α,β-unsaturated/α-hetero) is 1. The number of ether oxygens (including phenoxy) is 1. The molecule has 0 spiro atoms. The highest BCUT2D eigenvalue weighted by atomic mass is 16.5. The molecular weight excluding hydrogens is 224 g/mol. The first-order valence-corrected chi connectivity index (χ1v) is 6.81. The van der Waals surface area contributed by atoms with E-state index in [-0.39, 0.29) is 12.0 Å². The van der Waals surface area contributed by atoms with Crippen molar-refractivity contribution in [1.82, 2.24) is 0 Å². The molecule has 0 saturated carbocycles. The molecule has 1 heterocycles. The second-order valence-electron chi connectivity index (χ2n) is 5.55. The summed E-state index contributed by atoms with van der Waals surface area (Å²) in [5, 5.41) is 0. The van der Waals surface area contributed by atoms with Gasteiger partial charge in [-0.15, -0.1) is 0 Å². The summed E-state index contributed by atoms with van der Waals surface area (Å²) in [4.78, 5) is 12.5. The van der Waals surface area contributed by atoms with Crippen LogP contribution in [0.1, 0.15) is 42.6 Å². The van der Waals surface area contributed by atoms with Gasteiger partial charge in [-0.05, 0) is 31.2 Å². The maximum atomic E-state index is 12.5. The molecule has 0 aliphatic carbocycles. The molecule has 1 aromatic rings. The van der Waals surface area contributed by atoms with E-state index in [9.17, 15) is 4.79 Å². The molecule has 0 amide bonds. The zero-order valence-corrected chi connectivity index (χ0v) is 11.5. The average molecular weight is 246 g/mol. The molecule has 98 valence electrons. The van der Waals surface area contributed by atoms with Gasteiger partial charge in [0.25, 0.3) is 0 Å². The van der Waals surface area contributed by atoms with Crippen LogP contribution in [0.25, 0.3) is 0 Å². The molecule has 2 heteroatoms. The molecule has 0 aromatic heterocycles. The van der Waals surface area contributed by atoms with Gasteiger partial charge in [0.05, 0.1) is 6.10 Å². The quantitative estimate of drug-likeness (QED) is 0.761. The maximum absolute atomic E-state index is 12.5. The molecule has 2 nitrogen and oxygen atoms in total. The van der Waals surface area contributed by atoms with E-state index < -0.39 is 0 Å². The van der Waals surface area contributed by atoms with E-state index in [2.05, 4.69) is 13.8 Å². The number of ketones is 1. The van der Waals surface area contributed by atoms with Crippen molar-refractivity contribution in [2.45, 2.75) is 39.7 Å². The van der Waals surface area contributed by atoms with E-state index in [4.69, 9.17) is 4.74 Å². The Morgan fingerprint density at radius 3 is 2.72 bits per heavy atom. The summed E-state index contributed by atoms with van der Waals surface area (Å²) in [5.41, 5.74) is 1.96. The van der Waals surface area contributed by atoms with Crippen LogP contribution in [0.5, 0.6) is 0 Å². The molecule has 18 heavy (non-hydrogen) atoms. The Bertz CT molecular complexity index is 423. The van der Waals surface area contributed by atoms with Crippen molar-refractivity contribution < 1.29 is 9.53 Å². The summed E-state index contributed by atoms with van der Waals surface area (Å²) in [6, 6.07) is 7.87. The van der Waals surface area contributed by atoms with Crippen LogP contribution >= 0.6 is 0 Å². The predicted molar refractivity (Wildman–Crippen MR) is 72.8 cm³/mol. The van der Waals surface area contributed by atoms with Gasteiger partial charge in [-0.25, -0.2) is 0 Å². The summed E-state index contributed by atoms with van der Waals surface area (Å²) < 4.78 is 5.73. The summed E-state index contributed by atoms with van der Waals surface area (Å²) in [6.45, 7) is 7.04. The summed E-state index contributed by atoms with van der Waals surface area (Å²) in [5.74, 6) is 0.909. The van der Waals surface area contributed by atoms with Crippen LogP contribution in [0.2, 0.25) is 0 Å². The van der Waals surface area contributed by atoms with Gasteiger partial charge in [-0.3, -0.25) is 4.79 Å². The Labute approximate surface area is 109 Å². The molecule has 2 rings (SSSR count). The minimum absolute atomic E-state index is 0.132. The second kappa shape index (κ2) is 5.66. The first-order valence-electron chi connectivity index (χ1n) is 6.81. The van der Waals surface area contributed by atoms with Crippen LogP contribution in [-0.4, -0.2) is 18.5 Å². The molecule has 1 aromatic carbocycles. The van der Waals surface area contributed by atoms with E-state index in [1.54, 1.807) is 0 Å². The predicted octanol–water partition coefficient (Wildman–Crippen LogP) is 3.63. The van der Waals surface area contributed by atoms with Gasteiger partial charge >= 0.3 is 0 Å². The Kier molecular flexibility index (Phi) is 4.18. The Morgan fingerprint density at radius 2 is 2.06 bits per heavy atom. The molecule has 0 N–H and O–H groups in total. The number of hydrogen-bond donors (Lipinski definition) is 0. The Morgan fingerprint density at radius 1 is 1.33 bits per heavy atom. The van der Waals surface area contributed by atoms with Crippen LogP contribution in [0.4, 0.5) is 0 Å². The fourth-order valence-electron chi connectivity index (χ4n) is 2.60. The number of hydrogen-bond acceptors (Lipinski definition) is 2. The monoisotopic (exact) mass is 246 g/mol. The van der Waals surface area contributed by atoms with Crippen molar-refractivity contribution >= 4 is 5.78 Å². The Hall–Kier alpha value is -1.15.